The molecule has 0 saturated heterocycles. The smallest absolute Gasteiger partial charge is 0.0317 e. The molecule has 3 N–H and O–H groups in total. The molecule has 0 atom stereocenters. The Morgan fingerprint density at radius 2 is 2.00 bits per heavy atom. The molecule has 0 spiro atoms. The Morgan fingerprint density at radius 1 is 1.33 bits per heavy atom. The van der Waals surface area contributed by atoms with Gasteiger partial charge in [0.2, 0.25) is 0 Å². The molecule has 0 heterocycles. The van der Waals surface area contributed by atoms with Crippen molar-refractivity contribution < 1.29 is 0 Å². The Hall–Kier alpha value is -1.02. The standard InChI is InChI=1S/C8H12N2.C2H6/c1-10-6-7-3-2-4-8(9)5-7;1-2/h2-5,10H,6,9H2,1H3;1-2H3. The zero-order chi connectivity index (χ0) is 9.40. The third kappa shape index (κ3) is 3.98. The fourth-order valence-corrected chi connectivity index (χ4v) is 0.907. The van der Waals surface area contributed by atoms with E-state index < -0.39 is 0 Å². The van der Waals surface area contributed by atoms with E-state index in [1.165, 1.54) is 5.56 Å². The van der Waals surface area contributed by atoms with Gasteiger partial charge in [0.15, 0.2) is 0 Å². The van der Waals surface area contributed by atoms with Gasteiger partial charge < -0.3 is 11.1 Å². The van der Waals surface area contributed by atoms with Gasteiger partial charge in [0.05, 0.1) is 0 Å². The van der Waals surface area contributed by atoms with Crippen LogP contribution in [-0.4, -0.2) is 7.05 Å². The number of nitrogens with two attached hydrogens (primary N) is 1. The minimum Gasteiger partial charge on any atom is -0.399 e. The second-order valence-electron chi connectivity index (χ2n) is 2.28. The molecule has 0 aromatic heterocycles. The van der Waals surface area contributed by atoms with Crippen molar-refractivity contribution >= 4 is 5.69 Å². The van der Waals surface area contributed by atoms with Crippen LogP contribution in [0.2, 0.25) is 0 Å². The fraction of sp³-hybridized carbons (Fsp3) is 0.400. The van der Waals surface area contributed by atoms with Gasteiger partial charge in [0.25, 0.3) is 0 Å². The highest BCUT2D eigenvalue weighted by atomic mass is 14.8. The van der Waals surface area contributed by atoms with Crippen LogP contribution in [0.3, 0.4) is 0 Å². The van der Waals surface area contributed by atoms with Gasteiger partial charge in [-0.3, -0.25) is 0 Å². The highest BCUT2D eigenvalue weighted by Crippen LogP contribution is 2.05. The van der Waals surface area contributed by atoms with Crippen LogP contribution in [0.4, 0.5) is 5.69 Å². The SMILES string of the molecule is CC.CNCc1cccc(N)c1. The summed E-state index contributed by atoms with van der Waals surface area (Å²) < 4.78 is 0. The van der Waals surface area contributed by atoms with Gasteiger partial charge in [-0.05, 0) is 24.7 Å². The zero-order valence-corrected chi connectivity index (χ0v) is 8.09. The maximum atomic E-state index is 5.56. The molecule has 0 aliphatic rings. The molecule has 1 aromatic rings. The summed E-state index contributed by atoms with van der Waals surface area (Å²) in [6, 6.07) is 7.87. The van der Waals surface area contributed by atoms with E-state index in [2.05, 4.69) is 5.32 Å². The number of hydrogen-bond acceptors (Lipinski definition) is 2. The Bertz CT molecular complexity index is 209. The zero-order valence-electron chi connectivity index (χ0n) is 8.09. The topological polar surface area (TPSA) is 38.0 Å². The average molecular weight is 166 g/mol. The van der Waals surface area contributed by atoms with Crippen LogP contribution < -0.4 is 11.1 Å². The van der Waals surface area contributed by atoms with Crippen molar-refractivity contribution in [2.24, 2.45) is 0 Å². The van der Waals surface area contributed by atoms with Gasteiger partial charge in [-0.2, -0.15) is 0 Å². The summed E-state index contributed by atoms with van der Waals surface area (Å²) in [4.78, 5) is 0. The fourth-order valence-electron chi connectivity index (χ4n) is 0.907. The highest BCUT2D eigenvalue weighted by Gasteiger charge is 1.88. The molecule has 0 fully saturated rings. The van der Waals surface area contributed by atoms with Crippen molar-refractivity contribution in [1.29, 1.82) is 0 Å². The Balaban J connectivity index is 0.000000561. The van der Waals surface area contributed by atoms with Gasteiger partial charge in [-0.1, -0.05) is 26.0 Å². The maximum Gasteiger partial charge on any atom is 0.0317 e. The second-order valence-corrected chi connectivity index (χ2v) is 2.28. The molecule has 0 aliphatic heterocycles. The quantitative estimate of drug-likeness (QED) is 0.660. The molecule has 0 amide bonds. The Morgan fingerprint density at radius 3 is 2.50 bits per heavy atom. The number of benzene rings is 1. The van der Waals surface area contributed by atoms with Crippen LogP contribution in [0.25, 0.3) is 0 Å². The van der Waals surface area contributed by atoms with Crippen LogP contribution in [0.15, 0.2) is 24.3 Å². The average Bonchev–Trinajstić information content (AvgIpc) is 2.09. The van der Waals surface area contributed by atoms with Crippen LogP contribution >= 0.6 is 0 Å². The minimum atomic E-state index is 0.827. The first-order valence-electron chi connectivity index (χ1n) is 4.32. The first kappa shape index (κ1) is 11.0. The molecule has 1 aromatic carbocycles. The number of anilines is 1. The van der Waals surface area contributed by atoms with Gasteiger partial charge in [0, 0.05) is 12.2 Å². The van der Waals surface area contributed by atoms with Crippen molar-refractivity contribution in [2.45, 2.75) is 20.4 Å². The second kappa shape index (κ2) is 6.68. The molecule has 12 heavy (non-hydrogen) atoms. The van der Waals surface area contributed by atoms with E-state index >= 15 is 0 Å². The van der Waals surface area contributed by atoms with Crippen LogP contribution in [0, 0.1) is 0 Å². The number of hydrogen-bond donors (Lipinski definition) is 2. The summed E-state index contributed by atoms with van der Waals surface area (Å²) in [6.07, 6.45) is 0. The predicted octanol–water partition coefficient (Wildman–Crippen LogP) is 2.01. The van der Waals surface area contributed by atoms with Gasteiger partial charge in [-0.15, -0.1) is 0 Å². The molecule has 0 unspecified atom stereocenters. The molecule has 1 rings (SSSR count). The molecule has 2 heteroatoms. The first-order chi connectivity index (χ1) is 5.83. The summed E-state index contributed by atoms with van der Waals surface area (Å²) in [5.41, 5.74) is 7.61. The predicted molar refractivity (Wildman–Crippen MR) is 55.0 cm³/mol. The minimum absolute atomic E-state index is 0.827. The molecule has 2 nitrogen and oxygen atoms in total. The Kier molecular flexibility index (Phi) is 6.11. The summed E-state index contributed by atoms with van der Waals surface area (Å²) >= 11 is 0. The van der Waals surface area contributed by atoms with E-state index in [-0.39, 0.29) is 0 Å². The third-order valence-electron chi connectivity index (χ3n) is 1.33. The van der Waals surface area contributed by atoms with E-state index in [9.17, 15) is 0 Å². The number of nitrogens with one attached hydrogen (secondary N) is 1. The summed E-state index contributed by atoms with van der Waals surface area (Å²) in [5, 5.41) is 3.06. The lowest BCUT2D eigenvalue weighted by molar-refractivity contribution is 0.818. The summed E-state index contributed by atoms with van der Waals surface area (Å²) in [6.45, 7) is 4.88. The lowest BCUT2D eigenvalue weighted by atomic mass is 10.2. The molecular formula is C10H18N2. The van der Waals surface area contributed by atoms with Crippen LogP contribution in [-0.2, 0) is 6.54 Å². The van der Waals surface area contributed by atoms with E-state index in [4.69, 9.17) is 5.73 Å². The first-order valence-corrected chi connectivity index (χ1v) is 4.32. The molecule has 0 aliphatic carbocycles. The van der Waals surface area contributed by atoms with Gasteiger partial charge in [-0.25, -0.2) is 0 Å². The van der Waals surface area contributed by atoms with Crippen molar-refractivity contribution in [3.63, 3.8) is 0 Å². The monoisotopic (exact) mass is 166 g/mol. The summed E-state index contributed by atoms with van der Waals surface area (Å²) in [5.74, 6) is 0. The van der Waals surface area contributed by atoms with Gasteiger partial charge >= 0.3 is 0 Å². The normalized spacial score (nSPS) is 8.58. The molecule has 68 valence electrons. The highest BCUT2D eigenvalue weighted by molar-refractivity contribution is 5.40. The van der Waals surface area contributed by atoms with Crippen LogP contribution in [0.1, 0.15) is 19.4 Å². The molecule has 0 saturated carbocycles. The van der Waals surface area contributed by atoms with Crippen LogP contribution in [0.5, 0.6) is 0 Å². The Labute approximate surface area is 74.8 Å². The van der Waals surface area contributed by atoms with Crippen molar-refractivity contribution in [2.75, 3.05) is 12.8 Å². The van der Waals surface area contributed by atoms with Crippen molar-refractivity contribution in [3.8, 4) is 0 Å². The number of nitrogen functional groups attached to an aromatic ring is 1. The molecule has 0 radical (unpaired) electrons. The number of rotatable bonds is 2. The largest absolute Gasteiger partial charge is 0.399 e. The summed E-state index contributed by atoms with van der Waals surface area (Å²) in [7, 11) is 1.92. The van der Waals surface area contributed by atoms with Crippen molar-refractivity contribution in [1.82, 2.24) is 5.32 Å². The molecule has 0 bridgehead atoms. The van der Waals surface area contributed by atoms with E-state index in [0.29, 0.717) is 0 Å². The van der Waals surface area contributed by atoms with E-state index in [0.717, 1.165) is 12.2 Å². The van der Waals surface area contributed by atoms with Gasteiger partial charge in [0.1, 0.15) is 0 Å². The molecular weight excluding hydrogens is 148 g/mol. The van der Waals surface area contributed by atoms with E-state index in [1.807, 2.05) is 45.2 Å². The maximum absolute atomic E-state index is 5.56. The lowest BCUT2D eigenvalue weighted by Crippen LogP contribution is -2.04. The third-order valence-corrected chi connectivity index (χ3v) is 1.33. The van der Waals surface area contributed by atoms with E-state index in [1.54, 1.807) is 0 Å². The van der Waals surface area contributed by atoms with Crippen molar-refractivity contribution in [3.05, 3.63) is 29.8 Å². The lowest BCUT2D eigenvalue weighted by Gasteiger charge is -1.99.